The SMILES string of the molecule is CSCCC(N)C(=O)NC(Cc1ccc(O)cc1)C(=O)NC(Cc1c[nH]c2ccccc12)C(=O)NC(C(=O)O)C(C)O. The highest BCUT2D eigenvalue weighted by atomic mass is 32.2. The number of aromatic nitrogens is 1. The van der Waals surface area contributed by atoms with Gasteiger partial charge in [-0.05, 0) is 54.7 Å². The Kier molecular flexibility index (Phi) is 11.8. The second-order valence-corrected chi connectivity index (χ2v) is 11.0. The number of rotatable bonds is 15. The Hall–Kier alpha value is -4.07. The first-order valence-electron chi connectivity index (χ1n) is 13.4. The van der Waals surface area contributed by atoms with Gasteiger partial charge in [0, 0.05) is 29.9 Å². The number of aromatic amines is 1. The zero-order valence-electron chi connectivity index (χ0n) is 23.4. The molecule has 1 heterocycles. The van der Waals surface area contributed by atoms with Gasteiger partial charge in [0.05, 0.1) is 12.1 Å². The van der Waals surface area contributed by atoms with Crippen molar-refractivity contribution >= 4 is 46.4 Å². The molecule has 0 saturated heterocycles. The fourth-order valence-corrected chi connectivity index (χ4v) is 4.87. The van der Waals surface area contributed by atoms with E-state index in [2.05, 4.69) is 20.9 Å². The number of hydrogen-bond donors (Lipinski definition) is 8. The van der Waals surface area contributed by atoms with E-state index in [1.54, 1.807) is 18.3 Å². The lowest BCUT2D eigenvalue weighted by Crippen LogP contribution is -2.59. The fraction of sp³-hybridized carbons (Fsp3) is 0.379. The number of phenolic OH excluding ortho intramolecular Hbond substituents is 1. The largest absolute Gasteiger partial charge is 0.508 e. The molecule has 3 amide bonds. The minimum absolute atomic E-state index is 0.0130. The van der Waals surface area contributed by atoms with Gasteiger partial charge in [-0.15, -0.1) is 0 Å². The number of carboxylic acid groups (broad SMARTS) is 1. The minimum Gasteiger partial charge on any atom is -0.508 e. The van der Waals surface area contributed by atoms with Crippen molar-refractivity contribution < 1.29 is 34.5 Å². The highest BCUT2D eigenvalue weighted by Gasteiger charge is 2.32. The Balaban J connectivity index is 1.90. The number of hydrogen-bond acceptors (Lipinski definition) is 8. The van der Waals surface area contributed by atoms with Crippen LogP contribution in [-0.4, -0.2) is 86.3 Å². The van der Waals surface area contributed by atoms with Crippen LogP contribution in [0.25, 0.3) is 10.9 Å². The van der Waals surface area contributed by atoms with Crippen LogP contribution >= 0.6 is 11.8 Å². The van der Waals surface area contributed by atoms with Crippen molar-refractivity contribution in [3.63, 3.8) is 0 Å². The zero-order valence-corrected chi connectivity index (χ0v) is 24.2. The molecule has 0 aliphatic heterocycles. The molecule has 0 radical (unpaired) electrons. The van der Waals surface area contributed by atoms with E-state index >= 15 is 0 Å². The van der Waals surface area contributed by atoms with Crippen LogP contribution in [0.5, 0.6) is 5.75 Å². The van der Waals surface area contributed by atoms with Crippen molar-refractivity contribution in [3.8, 4) is 5.75 Å². The van der Waals surface area contributed by atoms with Gasteiger partial charge in [-0.2, -0.15) is 11.8 Å². The molecule has 12 nitrogen and oxygen atoms in total. The molecular weight excluding hydrogens is 562 g/mol. The van der Waals surface area contributed by atoms with Crippen LogP contribution < -0.4 is 21.7 Å². The molecule has 0 aliphatic rings. The number of thioether (sulfide) groups is 1. The van der Waals surface area contributed by atoms with Gasteiger partial charge in [0.25, 0.3) is 0 Å². The molecule has 0 aliphatic carbocycles. The number of fused-ring (bicyclic) bond motifs is 1. The Labute approximate surface area is 247 Å². The molecule has 2 aromatic carbocycles. The van der Waals surface area contributed by atoms with Crippen molar-refractivity contribution in [1.29, 1.82) is 0 Å². The number of carboxylic acids is 1. The number of aliphatic carboxylic acids is 1. The third-order valence-corrected chi connectivity index (χ3v) is 7.40. The van der Waals surface area contributed by atoms with Gasteiger partial charge in [0.1, 0.15) is 17.8 Å². The molecule has 226 valence electrons. The summed E-state index contributed by atoms with van der Waals surface area (Å²) in [4.78, 5) is 54.7. The molecule has 0 saturated carbocycles. The third kappa shape index (κ3) is 8.96. The number of para-hydroxylation sites is 1. The second kappa shape index (κ2) is 15.2. The van der Waals surface area contributed by atoms with Crippen LogP contribution in [0.4, 0.5) is 0 Å². The first-order valence-corrected chi connectivity index (χ1v) is 14.8. The number of carbonyl (C=O) groups is 4. The van der Waals surface area contributed by atoms with Gasteiger partial charge in [-0.3, -0.25) is 14.4 Å². The third-order valence-electron chi connectivity index (χ3n) is 6.76. The summed E-state index contributed by atoms with van der Waals surface area (Å²) in [6.45, 7) is 1.23. The number of aliphatic hydroxyl groups excluding tert-OH is 1. The van der Waals surface area contributed by atoms with Gasteiger partial charge in [0.2, 0.25) is 17.7 Å². The molecule has 0 bridgehead atoms. The number of aromatic hydroxyl groups is 1. The smallest absolute Gasteiger partial charge is 0.328 e. The predicted octanol–water partition coefficient (Wildman–Crippen LogP) is 0.659. The van der Waals surface area contributed by atoms with Gasteiger partial charge < -0.3 is 42.0 Å². The standard InChI is InChI=1S/C29H37N5O7S/c1-16(35)25(29(40)41)34-28(39)24(14-18-15-31-22-6-4-3-5-20(18)22)33-27(38)23(13-17-7-9-19(36)10-8-17)32-26(37)21(30)11-12-42-2/h3-10,15-16,21,23-25,31,35-36H,11-14,30H2,1-2H3,(H,32,37)(H,33,38)(H,34,39)(H,40,41). The lowest BCUT2D eigenvalue weighted by Gasteiger charge is -2.26. The van der Waals surface area contributed by atoms with Gasteiger partial charge in [-0.1, -0.05) is 30.3 Å². The average molecular weight is 600 g/mol. The van der Waals surface area contributed by atoms with Crippen LogP contribution in [0.1, 0.15) is 24.5 Å². The molecule has 1 aromatic heterocycles. The van der Waals surface area contributed by atoms with Gasteiger partial charge in [-0.25, -0.2) is 4.79 Å². The molecule has 0 spiro atoms. The summed E-state index contributed by atoms with van der Waals surface area (Å²) in [5.41, 5.74) is 8.16. The highest BCUT2D eigenvalue weighted by molar-refractivity contribution is 7.98. The highest BCUT2D eigenvalue weighted by Crippen LogP contribution is 2.20. The van der Waals surface area contributed by atoms with Crippen molar-refractivity contribution in [2.24, 2.45) is 5.73 Å². The summed E-state index contributed by atoms with van der Waals surface area (Å²) in [5, 5.41) is 37.5. The van der Waals surface area contributed by atoms with E-state index in [0.29, 0.717) is 23.3 Å². The first-order chi connectivity index (χ1) is 20.0. The van der Waals surface area contributed by atoms with E-state index in [-0.39, 0.29) is 18.6 Å². The Morgan fingerprint density at radius 2 is 1.55 bits per heavy atom. The van der Waals surface area contributed by atoms with Crippen molar-refractivity contribution in [3.05, 3.63) is 65.9 Å². The maximum absolute atomic E-state index is 13.7. The van der Waals surface area contributed by atoms with E-state index in [4.69, 9.17) is 5.73 Å². The number of nitrogens with one attached hydrogen (secondary N) is 4. The summed E-state index contributed by atoms with van der Waals surface area (Å²) >= 11 is 1.53. The summed E-state index contributed by atoms with van der Waals surface area (Å²) in [6.07, 6.45) is 2.58. The number of carbonyl (C=O) groups excluding carboxylic acids is 3. The van der Waals surface area contributed by atoms with Crippen LogP contribution in [0, 0.1) is 0 Å². The molecule has 0 fully saturated rings. The molecular formula is C29H37N5O7S. The molecule has 3 aromatic rings. The number of benzene rings is 2. The fourth-order valence-electron chi connectivity index (χ4n) is 4.38. The topological polar surface area (TPSA) is 207 Å². The summed E-state index contributed by atoms with van der Waals surface area (Å²) in [5.74, 6) is -2.83. The van der Waals surface area contributed by atoms with Crippen LogP contribution in [0.2, 0.25) is 0 Å². The maximum atomic E-state index is 13.7. The van der Waals surface area contributed by atoms with Gasteiger partial charge >= 0.3 is 5.97 Å². The summed E-state index contributed by atoms with van der Waals surface area (Å²) in [6, 6.07) is 8.59. The normalized spacial score (nSPS) is 14.8. The monoisotopic (exact) mass is 599 g/mol. The van der Waals surface area contributed by atoms with Crippen LogP contribution in [-0.2, 0) is 32.0 Å². The van der Waals surface area contributed by atoms with E-state index in [1.165, 1.54) is 30.8 Å². The minimum atomic E-state index is -1.61. The summed E-state index contributed by atoms with van der Waals surface area (Å²) in [7, 11) is 0. The van der Waals surface area contributed by atoms with Crippen molar-refractivity contribution in [2.45, 2.75) is 56.5 Å². The number of H-pyrrole nitrogens is 1. The zero-order chi connectivity index (χ0) is 30.8. The average Bonchev–Trinajstić information content (AvgIpc) is 3.37. The maximum Gasteiger partial charge on any atom is 0.328 e. The van der Waals surface area contributed by atoms with Crippen molar-refractivity contribution in [2.75, 3.05) is 12.0 Å². The number of amides is 3. The van der Waals surface area contributed by atoms with Crippen molar-refractivity contribution in [1.82, 2.24) is 20.9 Å². The molecule has 42 heavy (non-hydrogen) atoms. The summed E-state index contributed by atoms with van der Waals surface area (Å²) < 4.78 is 0. The van der Waals surface area contributed by atoms with Crippen LogP contribution in [0.15, 0.2) is 54.7 Å². The predicted molar refractivity (Wildman–Crippen MR) is 160 cm³/mol. The Morgan fingerprint density at radius 1 is 0.929 bits per heavy atom. The molecule has 13 heteroatoms. The molecule has 5 atom stereocenters. The van der Waals surface area contributed by atoms with Gasteiger partial charge in [0.15, 0.2) is 6.04 Å². The number of nitrogens with two attached hydrogens (primary N) is 1. The number of aliphatic hydroxyl groups is 1. The molecule has 5 unspecified atom stereocenters. The lowest BCUT2D eigenvalue weighted by atomic mass is 10.0. The van der Waals surface area contributed by atoms with Crippen LogP contribution in [0.3, 0.4) is 0 Å². The Bertz CT molecular complexity index is 1380. The van der Waals surface area contributed by atoms with E-state index in [9.17, 15) is 34.5 Å². The van der Waals surface area contributed by atoms with E-state index in [0.717, 1.165) is 10.9 Å². The first kappa shape index (κ1) is 32.4. The lowest BCUT2D eigenvalue weighted by molar-refractivity contribution is -0.145. The van der Waals surface area contributed by atoms with E-state index < -0.39 is 54.0 Å². The second-order valence-electron chi connectivity index (χ2n) is 10.0. The molecule has 3 rings (SSSR count). The van der Waals surface area contributed by atoms with E-state index in [1.807, 2.05) is 30.5 Å². The quantitative estimate of drug-likeness (QED) is 0.123. The Morgan fingerprint density at radius 3 is 2.19 bits per heavy atom. The number of phenols is 1. The molecule has 9 N–H and O–H groups in total.